The van der Waals surface area contributed by atoms with Crippen molar-refractivity contribution < 1.29 is 14.6 Å². The molecule has 2 aromatic rings. The Morgan fingerprint density at radius 2 is 1.71 bits per heavy atom. The van der Waals surface area contributed by atoms with E-state index in [1.807, 2.05) is 42.5 Å². The molecule has 3 nitrogen and oxygen atoms in total. The van der Waals surface area contributed by atoms with Crippen molar-refractivity contribution in [2.75, 3.05) is 20.3 Å². The van der Waals surface area contributed by atoms with Gasteiger partial charge >= 0.3 is 0 Å². The van der Waals surface area contributed by atoms with Crippen LogP contribution in [0, 0.1) is 0 Å². The second-order valence-electron chi connectivity index (χ2n) is 5.35. The molecule has 2 aromatic carbocycles. The predicted molar refractivity (Wildman–Crippen MR) is 81.6 cm³/mol. The van der Waals surface area contributed by atoms with Crippen molar-refractivity contribution in [3.63, 3.8) is 0 Å². The molecule has 1 aliphatic rings. The minimum absolute atomic E-state index is 0.477. The molecule has 0 bridgehead atoms. The summed E-state index contributed by atoms with van der Waals surface area (Å²) in [6.45, 7) is 1.01. The van der Waals surface area contributed by atoms with Crippen LogP contribution in [-0.2, 0) is 16.8 Å². The van der Waals surface area contributed by atoms with Crippen LogP contribution in [0.3, 0.4) is 0 Å². The third-order valence-electron chi connectivity index (χ3n) is 4.10. The van der Waals surface area contributed by atoms with E-state index in [1.54, 1.807) is 7.11 Å². The van der Waals surface area contributed by atoms with E-state index in [4.69, 9.17) is 9.47 Å². The summed E-state index contributed by atoms with van der Waals surface area (Å²) in [5.41, 5.74) is 2.09. The summed E-state index contributed by atoms with van der Waals surface area (Å²) < 4.78 is 10.8. The number of benzene rings is 2. The lowest BCUT2D eigenvalue weighted by Crippen LogP contribution is -2.25. The van der Waals surface area contributed by atoms with Gasteiger partial charge in [-0.1, -0.05) is 42.5 Å². The maximum Gasteiger partial charge on any atom is 0.125 e. The van der Waals surface area contributed by atoms with Gasteiger partial charge in [-0.25, -0.2) is 0 Å². The van der Waals surface area contributed by atoms with E-state index in [9.17, 15) is 5.11 Å². The lowest BCUT2D eigenvalue weighted by atomic mass is 9.87. The standard InChI is InChI=1S/C18H20O3/c1-20-12-13-21-17-9-5-4-8-16(17)18(19)11-10-14-6-2-3-7-15(14)18/h2-9,19H,10-13H2,1H3. The second kappa shape index (κ2) is 5.88. The van der Waals surface area contributed by atoms with E-state index in [-0.39, 0.29) is 0 Å². The molecule has 0 spiro atoms. The Morgan fingerprint density at radius 1 is 1.00 bits per heavy atom. The highest BCUT2D eigenvalue weighted by Crippen LogP contribution is 2.44. The van der Waals surface area contributed by atoms with Crippen LogP contribution in [-0.4, -0.2) is 25.4 Å². The Morgan fingerprint density at radius 3 is 2.52 bits per heavy atom. The van der Waals surface area contributed by atoms with E-state index in [2.05, 4.69) is 6.07 Å². The molecule has 1 aliphatic carbocycles. The monoisotopic (exact) mass is 284 g/mol. The number of aliphatic hydroxyl groups is 1. The van der Waals surface area contributed by atoms with Crippen LogP contribution in [0.25, 0.3) is 0 Å². The normalized spacial score (nSPS) is 20.3. The molecule has 0 saturated heterocycles. The quantitative estimate of drug-likeness (QED) is 0.858. The van der Waals surface area contributed by atoms with Gasteiger partial charge in [-0.2, -0.15) is 0 Å². The van der Waals surface area contributed by atoms with Crippen LogP contribution >= 0.6 is 0 Å². The van der Waals surface area contributed by atoms with Crippen molar-refractivity contribution in [3.8, 4) is 5.75 Å². The first-order chi connectivity index (χ1) is 10.3. The molecule has 0 amide bonds. The summed E-state index contributed by atoms with van der Waals surface area (Å²) in [6, 6.07) is 15.8. The van der Waals surface area contributed by atoms with Gasteiger partial charge < -0.3 is 14.6 Å². The molecule has 1 unspecified atom stereocenters. The molecule has 0 saturated carbocycles. The zero-order chi connectivity index (χ0) is 14.7. The molecule has 3 rings (SSSR count). The predicted octanol–water partition coefficient (Wildman–Crippen LogP) is 2.89. The summed E-state index contributed by atoms with van der Waals surface area (Å²) in [4.78, 5) is 0. The summed E-state index contributed by atoms with van der Waals surface area (Å²) in [7, 11) is 1.65. The molecule has 0 heterocycles. The fourth-order valence-corrected chi connectivity index (χ4v) is 3.04. The van der Waals surface area contributed by atoms with E-state index in [1.165, 1.54) is 5.56 Å². The number of ether oxygens (including phenoxy) is 2. The van der Waals surface area contributed by atoms with Gasteiger partial charge in [0, 0.05) is 12.7 Å². The summed E-state index contributed by atoms with van der Waals surface area (Å²) in [6.07, 6.45) is 1.58. The van der Waals surface area contributed by atoms with Crippen molar-refractivity contribution in [1.29, 1.82) is 0 Å². The average molecular weight is 284 g/mol. The molecule has 3 heteroatoms. The zero-order valence-corrected chi connectivity index (χ0v) is 12.2. The third kappa shape index (κ3) is 2.55. The number of rotatable bonds is 5. The molecule has 1 atom stereocenters. The fraction of sp³-hybridized carbons (Fsp3) is 0.333. The first-order valence-corrected chi connectivity index (χ1v) is 7.28. The Bertz CT molecular complexity index is 623. The number of methoxy groups -OCH3 is 1. The fourth-order valence-electron chi connectivity index (χ4n) is 3.04. The van der Waals surface area contributed by atoms with Crippen LogP contribution in [0.15, 0.2) is 48.5 Å². The number of para-hydroxylation sites is 1. The van der Waals surface area contributed by atoms with Gasteiger partial charge in [0.1, 0.15) is 18.0 Å². The Balaban J connectivity index is 1.97. The minimum Gasteiger partial charge on any atom is -0.491 e. The Hall–Kier alpha value is -1.84. The van der Waals surface area contributed by atoms with Gasteiger partial charge in [0.2, 0.25) is 0 Å². The van der Waals surface area contributed by atoms with E-state index < -0.39 is 5.60 Å². The van der Waals surface area contributed by atoms with E-state index >= 15 is 0 Å². The SMILES string of the molecule is COCCOc1ccccc1C1(O)CCc2ccccc21. The number of aryl methyl sites for hydroxylation is 1. The highest BCUT2D eigenvalue weighted by Gasteiger charge is 2.39. The topological polar surface area (TPSA) is 38.7 Å². The molecule has 21 heavy (non-hydrogen) atoms. The van der Waals surface area contributed by atoms with E-state index in [0.717, 1.165) is 23.3 Å². The summed E-state index contributed by atoms with van der Waals surface area (Å²) in [5, 5.41) is 11.2. The second-order valence-corrected chi connectivity index (χ2v) is 5.35. The highest BCUT2D eigenvalue weighted by atomic mass is 16.5. The summed E-state index contributed by atoms with van der Waals surface area (Å²) in [5.74, 6) is 0.730. The first kappa shape index (κ1) is 14.1. The van der Waals surface area contributed by atoms with Crippen LogP contribution in [0.5, 0.6) is 5.75 Å². The highest BCUT2D eigenvalue weighted by molar-refractivity contribution is 5.50. The van der Waals surface area contributed by atoms with Gasteiger partial charge in [0.25, 0.3) is 0 Å². The molecule has 0 fully saturated rings. The van der Waals surface area contributed by atoms with Crippen LogP contribution in [0.4, 0.5) is 0 Å². The van der Waals surface area contributed by atoms with Gasteiger partial charge in [-0.15, -0.1) is 0 Å². The maximum absolute atomic E-state index is 11.2. The summed E-state index contributed by atoms with van der Waals surface area (Å²) >= 11 is 0. The van der Waals surface area contributed by atoms with E-state index in [0.29, 0.717) is 19.6 Å². The number of fused-ring (bicyclic) bond motifs is 1. The molecule has 0 aliphatic heterocycles. The van der Waals surface area contributed by atoms with Gasteiger partial charge in [0.05, 0.1) is 6.61 Å². The Labute approximate surface area is 125 Å². The maximum atomic E-state index is 11.2. The molecule has 1 N–H and O–H groups in total. The van der Waals surface area contributed by atoms with Gasteiger partial charge in [0.15, 0.2) is 0 Å². The molecular formula is C18H20O3. The number of hydrogen-bond donors (Lipinski definition) is 1. The van der Waals surface area contributed by atoms with Crippen molar-refractivity contribution in [3.05, 3.63) is 65.2 Å². The number of hydrogen-bond acceptors (Lipinski definition) is 3. The molecule has 110 valence electrons. The molecule has 0 radical (unpaired) electrons. The molecular weight excluding hydrogens is 264 g/mol. The van der Waals surface area contributed by atoms with Crippen molar-refractivity contribution >= 4 is 0 Å². The average Bonchev–Trinajstić information content (AvgIpc) is 2.87. The van der Waals surface area contributed by atoms with Crippen LogP contribution in [0.1, 0.15) is 23.1 Å². The first-order valence-electron chi connectivity index (χ1n) is 7.28. The van der Waals surface area contributed by atoms with Crippen molar-refractivity contribution in [2.45, 2.75) is 18.4 Å². The van der Waals surface area contributed by atoms with Crippen LogP contribution < -0.4 is 4.74 Å². The largest absolute Gasteiger partial charge is 0.491 e. The lowest BCUT2D eigenvalue weighted by Gasteiger charge is -2.27. The third-order valence-corrected chi connectivity index (χ3v) is 4.10. The van der Waals surface area contributed by atoms with Crippen molar-refractivity contribution in [2.24, 2.45) is 0 Å². The van der Waals surface area contributed by atoms with Crippen molar-refractivity contribution in [1.82, 2.24) is 0 Å². The smallest absolute Gasteiger partial charge is 0.125 e. The van der Waals surface area contributed by atoms with Crippen LogP contribution in [0.2, 0.25) is 0 Å². The molecule has 0 aromatic heterocycles. The lowest BCUT2D eigenvalue weighted by molar-refractivity contribution is 0.0768. The Kier molecular flexibility index (Phi) is 3.95. The van der Waals surface area contributed by atoms with Gasteiger partial charge in [-0.3, -0.25) is 0 Å². The van der Waals surface area contributed by atoms with Gasteiger partial charge in [-0.05, 0) is 30.0 Å². The zero-order valence-electron chi connectivity index (χ0n) is 12.2. The minimum atomic E-state index is -0.958.